The van der Waals surface area contributed by atoms with Crippen molar-refractivity contribution in [1.29, 1.82) is 0 Å². The minimum absolute atomic E-state index is 0.347. The van der Waals surface area contributed by atoms with Crippen LogP contribution in [0.25, 0.3) is 0 Å². The summed E-state index contributed by atoms with van der Waals surface area (Å²) in [6, 6.07) is 6.10. The molecule has 0 amide bonds. The quantitative estimate of drug-likeness (QED) is 0.682. The largest absolute Gasteiger partial charge is 0.491 e. The van der Waals surface area contributed by atoms with Gasteiger partial charge in [-0.2, -0.15) is 0 Å². The number of hydrogen-bond donors (Lipinski definition) is 2. The first-order chi connectivity index (χ1) is 9.65. The SMILES string of the molecule is Cc1ccc(OCC(O)CNCCCC2CC2)c(C)c1. The van der Waals surface area contributed by atoms with E-state index in [4.69, 9.17) is 4.74 Å². The molecule has 2 rings (SSSR count). The minimum atomic E-state index is -0.448. The fourth-order valence-corrected chi connectivity index (χ4v) is 2.40. The second kappa shape index (κ2) is 7.65. The summed E-state index contributed by atoms with van der Waals surface area (Å²) < 4.78 is 5.67. The Morgan fingerprint density at radius 3 is 2.85 bits per heavy atom. The summed E-state index contributed by atoms with van der Waals surface area (Å²) in [5.74, 6) is 1.86. The van der Waals surface area contributed by atoms with Crippen molar-refractivity contribution in [3.05, 3.63) is 29.3 Å². The van der Waals surface area contributed by atoms with Gasteiger partial charge in [-0.1, -0.05) is 30.5 Å². The molecule has 1 atom stereocenters. The third kappa shape index (κ3) is 5.51. The predicted molar refractivity (Wildman–Crippen MR) is 82.2 cm³/mol. The lowest BCUT2D eigenvalue weighted by molar-refractivity contribution is 0.106. The van der Waals surface area contributed by atoms with Crippen LogP contribution >= 0.6 is 0 Å². The summed E-state index contributed by atoms with van der Waals surface area (Å²) in [5, 5.41) is 13.2. The number of rotatable bonds is 9. The van der Waals surface area contributed by atoms with Gasteiger partial charge in [0.05, 0.1) is 0 Å². The number of benzene rings is 1. The molecule has 0 aromatic heterocycles. The van der Waals surface area contributed by atoms with Gasteiger partial charge in [0.1, 0.15) is 18.5 Å². The molecule has 1 aromatic carbocycles. The topological polar surface area (TPSA) is 41.5 Å². The molecular formula is C17H27NO2. The molecule has 1 saturated carbocycles. The van der Waals surface area contributed by atoms with Crippen molar-refractivity contribution < 1.29 is 9.84 Å². The molecule has 3 nitrogen and oxygen atoms in total. The van der Waals surface area contributed by atoms with E-state index in [1.807, 2.05) is 19.1 Å². The molecule has 1 fully saturated rings. The molecular weight excluding hydrogens is 250 g/mol. The number of aliphatic hydroxyl groups excluding tert-OH is 1. The number of nitrogens with one attached hydrogen (secondary N) is 1. The first-order valence-electron chi connectivity index (χ1n) is 7.74. The maximum Gasteiger partial charge on any atom is 0.122 e. The summed E-state index contributed by atoms with van der Waals surface area (Å²) in [7, 11) is 0. The molecule has 0 radical (unpaired) electrons. The van der Waals surface area contributed by atoms with Crippen molar-refractivity contribution in [2.75, 3.05) is 19.7 Å². The van der Waals surface area contributed by atoms with E-state index < -0.39 is 6.10 Å². The van der Waals surface area contributed by atoms with Crippen LogP contribution in [0.1, 0.15) is 36.8 Å². The molecule has 1 aliphatic rings. The summed E-state index contributed by atoms with van der Waals surface area (Å²) in [5.41, 5.74) is 2.35. The third-order valence-electron chi connectivity index (χ3n) is 3.80. The van der Waals surface area contributed by atoms with Crippen molar-refractivity contribution >= 4 is 0 Å². The van der Waals surface area contributed by atoms with E-state index in [9.17, 15) is 5.11 Å². The van der Waals surface area contributed by atoms with Crippen LogP contribution in [0.3, 0.4) is 0 Å². The van der Waals surface area contributed by atoms with Crippen molar-refractivity contribution in [3.63, 3.8) is 0 Å². The lowest BCUT2D eigenvalue weighted by atomic mass is 10.1. The van der Waals surface area contributed by atoms with E-state index >= 15 is 0 Å². The van der Waals surface area contributed by atoms with Gasteiger partial charge in [-0.15, -0.1) is 0 Å². The van der Waals surface area contributed by atoms with Gasteiger partial charge in [-0.3, -0.25) is 0 Å². The van der Waals surface area contributed by atoms with Crippen LogP contribution in [0.4, 0.5) is 0 Å². The zero-order valence-corrected chi connectivity index (χ0v) is 12.7. The first kappa shape index (κ1) is 15.3. The van der Waals surface area contributed by atoms with Crippen molar-refractivity contribution in [3.8, 4) is 5.75 Å². The van der Waals surface area contributed by atoms with Gasteiger partial charge >= 0.3 is 0 Å². The Balaban J connectivity index is 1.57. The summed E-state index contributed by atoms with van der Waals surface area (Å²) in [4.78, 5) is 0. The fraction of sp³-hybridized carbons (Fsp3) is 0.647. The number of aryl methyl sites for hydroxylation is 2. The number of hydrogen-bond acceptors (Lipinski definition) is 3. The van der Waals surface area contributed by atoms with E-state index in [0.29, 0.717) is 13.2 Å². The van der Waals surface area contributed by atoms with Crippen molar-refractivity contribution in [2.24, 2.45) is 5.92 Å². The minimum Gasteiger partial charge on any atom is -0.491 e. The monoisotopic (exact) mass is 277 g/mol. The maximum atomic E-state index is 9.89. The van der Waals surface area contributed by atoms with E-state index in [1.54, 1.807) is 0 Å². The van der Waals surface area contributed by atoms with E-state index in [2.05, 4.69) is 18.3 Å². The Morgan fingerprint density at radius 2 is 2.15 bits per heavy atom. The molecule has 0 aliphatic heterocycles. The fourth-order valence-electron chi connectivity index (χ4n) is 2.40. The Labute approximate surface area is 122 Å². The molecule has 1 aliphatic carbocycles. The molecule has 3 heteroatoms. The van der Waals surface area contributed by atoms with Crippen LogP contribution in [0, 0.1) is 19.8 Å². The van der Waals surface area contributed by atoms with Crippen molar-refractivity contribution in [2.45, 2.75) is 45.6 Å². The highest BCUT2D eigenvalue weighted by atomic mass is 16.5. The van der Waals surface area contributed by atoms with Crippen LogP contribution < -0.4 is 10.1 Å². The second-order valence-corrected chi connectivity index (χ2v) is 6.02. The second-order valence-electron chi connectivity index (χ2n) is 6.02. The zero-order chi connectivity index (χ0) is 14.4. The first-order valence-corrected chi connectivity index (χ1v) is 7.74. The molecule has 0 heterocycles. The number of ether oxygens (including phenoxy) is 1. The van der Waals surface area contributed by atoms with Crippen LogP contribution in [0.2, 0.25) is 0 Å². The predicted octanol–water partition coefficient (Wildman–Crippen LogP) is 2.82. The standard InChI is InChI=1S/C17H27NO2/c1-13-5-8-17(14(2)10-13)20-12-16(19)11-18-9-3-4-15-6-7-15/h5,8,10,15-16,18-19H,3-4,6-7,9,11-12H2,1-2H3. The van der Waals surface area contributed by atoms with Crippen LogP contribution in [0.15, 0.2) is 18.2 Å². The Morgan fingerprint density at radius 1 is 1.35 bits per heavy atom. The van der Waals surface area contributed by atoms with Crippen LogP contribution in [-0.4, -0.2) is 30.9 Å². The Kier molecular flexibility index (Phi) is 5.86. The van der Waals surface area contributed by atoms with Gasteiger partial charge in [-0.25, -0.2) is 0 Å². The lowest BCUT2D eigenvalue weighted by Gasteiger charge is -2.15. The molecule has 0 saturated heterocycles. The molecule has 0 spiro atoms. The smallest absolute Gasteiger partial charge is 0.122 e. The molecule has 2 N–H and O–H groups in total. The van der Waals surface area contributed by atoms with E-state index in [0.717, 1.165) is 23.8 Å². The summed E-state index contributed by atoms with van der Waals surface area (Å²) in [6.07, 6.45) is 4.95. The Bertz CT molecular complexity index is 415. The van der Waals surface area contributed by atoms with E-state index in [-0.39, 0.29) is 0 Å². The van der Waals surface area contributed by atoms with Crippen LogP contribution in [-0.2, 0) is 0 Å². The van der Waals surface area contributed by atoms with Gasteiger partial charge in [0.25, 0.3) is 0 Å². The van der Waals surface area contributed by atoms with E-state index in [1.165, 1.54) is 31.2 Å². The molecule has 112 valence electrons. The highest BCUT2D eigenvalue weighted by Gasteiger charge is 2.19. The van der Waals surface area contributed by atoms with Crippen molar-refractivity contribution in [1.82, 2.24) is 5.32 Å². The van der Waals surface area contributed by atoms with Gasteiger partial charge in [-0.05, 0) is 50.8 Å². The molecule has 0 bridgehead atoms. The Hall–Kier alpha value is -1.06. The van der Waals surface area contributed by atoms with Gasteiger partial charge < -0.3 is 15.2 Å². The van der Waals surface area contributed by atoms with Gasteiger partial charge in [0.15, 0.2) is 0 Å². The highest BCUT2D eigenvalue weighted by molar-refractivity contribution is 5.35. The van der Waals surface area contributed by atoms with Gasteiger partial charge in [0, 0.05) is 6.54 Å². The molecule has 1 aromatic rings. The normalized spacial score (nSPS) is 16.1. The summed E-state index contributed by atoms with van der Waals surface area (Å²) in [6.45, 7) is 6.05. The molecule has 1 unspecified atom stereocenters. The highest BCUT2D eigenvalue weighted by Crippen LogP contribution is 2.33. The van der Waals surface area contributed by atoms with Gasteiger partial charge in [0.2, 0.25) is 0 Å². The zero-order valence-electron chi connectivity index (χ0n) is 12.7. The average Bonchev–Trinajstić information content (AvgIpc) is 3.21. The maximum absolute atomic E-state index is 9.89. The summed E-state index contributed by atoms with van der Waals surface area (Å²) >= 11 is 0. The number of aliphatic hydroxyl groups is 1. The van der Waals surface area contributed by atoms with Crippen LogP contribution in [0.5, 0.6) is 5.75 Å². The third-order valence-corrected chi connectivity index (χ3v) is 3.80. The molecule has 20 heavy (non-hydrogen) atoms. The average molecular weight is 277 g/mol. The lowest BCUT2D eigenvalue weighted by Crippen LogP contribution is -2.32.